The summed E-state index contributed by atoms with van der Waals surface area (Å²) in [6.45, 7) is 3.80. The van der Waals surface area contributed by atoms with Crippen molar-refractivity contribution in [3.05, 3.63) is 54.6 Å². The van der Waals surface area contributed by atoms with Gasteiger partial charge in [-0.2, -0.15) is 0 Å². The Morgan fingerprint density at radius 3 is 2.39 bits per heavy atom. The van der Waals surface area contributed by atoms with E-state index in [2.05, 4.69) is 4.99 Å². The fourth-order valence-electron chi connectivity index (χ4n) is 2.11. The molecule has 0 saturated carbocycles. The van der Waals surface area contributed by atoms with Crippen LogP contribution in [-0.2, 0) is 13.1 Å². The van der Waals surface area contributed by atoms with Crippen LogP contribution >= 0.6 is 23.2 Å². The second-order valence-corrected chi connectivity index (χ2v) is 5.51. The molecule has 1 heterocycles. The number of nitrogens with zero attached hydrogens (tertiary/aromatic N) is 3. The molecule has 1 aromatic heterocycles. The molecule has 2 rings (SSSR count). The highest BCUT2D eigenvalue weighted by atomic mass is 35.5. The summed E-state index contributed by atoms with van der Waals surface area (Å²) >= 11 is 11.8. The Morgan fingerprint density at radius 2 is 1.83 bits per heavy atom. The highest BCUT2D eigenvalue weighted by Gasteiger charge is 2.15. The molecule has 6 nitrogen and oxygen atoms in total. The van der Waals surface area contributed by atoms with E-state index in [1.54, 1.807) is 26.0 Å². The van der Waals surface area contributed by atoms with E-state index in [1.165, 1.54) is 12.3 Å². The molecule has 0 spiro atoms. The minimum Gasteiger partial charge on any atom is -0.494 e. The zero-order valence-corrected chi connectivity index (χ0v) is 14.1. The van der Waals surface area contributed by atoms with Gasteiger partial charge < -0.3 is 5.11 Å². The third-order valence-corrected chi connectivity index (χ3v) is 3.85. The van der Waals surface area contributed by atoms with Crippen LogP contribution in [0.15, 0.2) is 32.8 Å². The molecule has 0 aliphatic heterocycles. The monoisotopic (exact) mass is 355 g/mol. The lowest BCUT2D eigenvalue weighted by Gasteiger charge is -2.11. The van der Waals surface area contributed by atoms with Gasteiger partial charge in [-0.1, -0.05) is 23.2 Å². The molecule has 2 aromatic rings. The maximum Gasteiger partial charge on any atom is 0.333 e. The van der Waals surface area contributed by atoms with Crippen molar-refractivity contribution >= 4 is 35.1 Å². The van der Waals surface area contributed by atoms with E-state index in [9.17, 15) is 14.7 Å². The molecule has 0 bridgehead atoms. The van der Waals surface area contributed by atoms with Crippen LogP contribution < -0.4 is 11.2 Å². The molecule has 0 atom stereocenters. The lowest BCUT2D eigenvalue weighted by Crippen LogP contribution is -2.41. The van der Waals surface area contributed by atoms with Gasteiger partial charge in [0, 0.05) is 24.3 Å². The first-order chi connectivity index (χ1) is 10.9. The van der Waals surface area contributed by atoms with Crippen LogP contribution in [0.5, 0.6) is 5.88 Å². The van der Waals surface area contributed by atoms with Crippen molar-refractivity contribution in [3.8, 4) is 5.88 Å². The van der Waals surface area contributed by atoms with Crippen LogP contribution in [0.1, 0.15) is 19.4 Å². The van der Waals surface area contributed by atoms with Crippen molar-refractivity contribution in [1.29, 1.82) is 0 Å². The second kappa shape index (κ2) is 7.02. The first kappa shape index (κ1) is 17.3. The zero-order chi connectivity index (χ0) is 17.1. The van der Waals surface area contributed by atoms with Gasteiger partial charge in [0.15, 0.2) is 0 Å². The second-order valence-electron chi connectivity index (χ2n) is 4.67. The minimum atomic E-state index is -0.603. The molecule has 0 saturated heterocycles. The number of halogens is 2. The summed E-state index contributed by atoms with van der Waals surface area (Å²) in [5.74, 6) is -0.416. The molecule has 23 heavy (non-hydrogen) atoms. The molecule has 1 aromatic carbocycles. The van der Waals surface area contributed by atoms with Crippen molar-refractivity contribution in [2.45, 2.75) is 26.9 Å². The zero-order valence-electron chi connectivity index (χ0n) is 12.6. The van der Waals surface area contributed by atoms with Gasteiger partial charge in [-0.25, -0.2) is 4.79 Å². The van der Waals surface area contributed by atoms with Crippen LogP contribution in [0.2, 0.25) is 10.0 Å². The highest BCUT2D eigenvalue weighted by molar-refractivity contribution is 6.36. The van der Waals surface area contributed by atoms with E-state index in [0.29, 0.717) is 15.7 Å². The van der Waals surface area contributed by atoms with Gasteiger partial charge in [0.2, 0.25) is 5.88 Å². The summed E-state index contributed by atoms with van der Waals surface area (Å²) in [6, 6.07) is 4.72. The summed E-state index contributed by atoms with van der Waals surface area (Å²) in [5.41, 5.74) is -0.834. The quantitative estimate of drug-likeness (QED) is 0.856. The molecular formula is C15H15Cl2N3O3. The molecule has 1 N–H and O–H groups in total. The minimum absolute atomic E-state index is 0.0701. The molecule has 0 unspecified atom stereocenters. The maximum absolute atomic E-state index is 12.3. The molecule has 0 amide bonds. The number of aromatic hydroxyl groups is 1. The van der Waals surface area contributed by atoms with Crippen LogP contribution in [0.3, 0.4) is 0 Å². The Bertz CT molecular complexity index is 885. The third-order valence-electron chi connectivity index (χ3n) is 3.31. The van der Waals surface area contributed by atoms with Crippen molar-refractivity contribution in [1.82, 2.24) is 9.13 Å². The first-order valence-electron chi connectivity index (χ1n) is 6.96. The number of benzene rings is 1. The van der Waals surface area contributed by atoms with E-state index in [-0.39, 0.29) is 18.7 Å². The van der Waals surface area contributed by atoms with Gasteiger partial charge >= 0.3 is 5.69 Å². The highest BCUT2D eigenvalue weighted by Crippen LogP contribution is 2.27. The summed E-state index contributed by atoms with van der Waals surface area (Å²) in [7, 11) is 0. The van der Waals surface area contributed by atoms with Crippen LogP contribution in [0.4, 0.5) is 5.69 Å². The van der Waals surface area contributed by atoms with Gasteiger partial charge in [0.25, 0.3) is 5.56 Å². The molecule has 122 valence electrons. The maximum atomic E-state index is 12.3. The van der Waals surface area contributed by atoms with Crippen LogP contribution in [0, 0.1) is 0 Å². The molecule has 0 radical (unpaired) electrons. The Hall–Kier alpha value is -2.05. The number of hydrogen-bond acceptors (Lipinski definition) is 4. The topological polar surface area (TPSA) is 76.6 Å². The van der Waals surface area contributed by atoms with Gasteiger partial charge in [0.05, 0.1) is 10.7 Å². The lowest BCUT2D eigenvalue weighted by atomic mass is 10.3. The number of aromatic nitrogens is 2. The smallest absolute Gasteiger partial charge is 0.333 e. The Balaban J connectivity index is 2.62. The Kier molecular flexibility index (Phi) is 5.28. The van der Waals surface area contributed by atoms with E-state index in [0.717, 1.165) is 9.13 Å². The predicted octanol–water partition coefficient (Wildman–Crippen LogP) is 2.81. The van der Waals surface area contributed by atoms with Crippen LogP contribution in [0.25, 0.3) is 0 Å². The average Bonchev–Trinajstić information content (AvgIpc) is 2.50. The van der Waals surface area contributed by atoms with Gasteiger partial charge in [-0.3, -0.25) is 18.9 Å². The van der Waals surface area contributed by atoms with E-state index in [1.807, 2.05) is 0 Å². The molecule has 8 heteroatoms. The first-order valence-corrected chi connectivity index (χ1v) is 7.72. The molecule has 0 aliphatic rings. The van der Waals surface area contributed by atoms with Gasteiger partial charge in [-0.05, 0) is 32.0 Å². The molecule has 0 aliphatic carbocycles. The Morgan fingerprint density at radius 1 is 1.17 bits per heavy atom. The predicted molar refractivity (Wildman–Crippen MR) is 91.7 cm³/mol. The summed E-state index contributed by atoms with van der Waals surface area (Å²) < 4.78 is 2.14. The van der Waals surface area contributed by atoms with Crippen LogP contribution in [-0.4, -0.2) is 20.5 Å². The van der Waals surface area contributed by atoms with Crippen molar-refractivity contribution in [2.75, 3.05) is 0 Å². The van der Waals surface area contributed by atoms with Gasteiger partial charge in [0.1, 0.15) is 5.56 Å². The molecular weight excluding hydrogens is 341 g/mol. The molecule has 0 fully saturated rings. The number of hydrogen-bond donors (Lipinski definition) is 1. The summed E-state index contributed by atoms with van der Waals surface area (Å²) in [4.78, 5) is 28.5. The normalized spacial score (nSPS) is 11.3. The average molecular weight is 356 g/mol. The third kappa shape index (κ3) is 3.33. The van der Waals surface area contributed by atoms with E-state index in [4.69, 9.17) is 23.2 Å². The van der Waals surface area contributed by atoms with Gasteiger partial charge in [-0.15, -0.1) is 0 Å². The lowest BCUT2D eigenvalue weighted by molar-refractivity contribution is 0.394. The number of aliphatic imine (C=N–C) groups is 1. The SMILES string of the molecule is CCn1c(O)c(C=Nc2ccc(Cl)cc2Cl)c(=O)n(CC)c1=O. The van der Waals surface area contributed by atoms with Crippen molar-refractivity contribution in [2.24, 2.45) is 4.99 Å². The fourth-order valence-corrected chi connectivity index (χ4v) is 2.56. The largest absolute Gasteiger partial charge is 0.494 e. The van der Waals surface area contributed by atoms with E-state index >= 15 is 0 Å². The number of rotatable bonds is 4. The summed E-state index contributed by atoms with van der Waals surface area (Å²) in [6.07, 6.45) is 1.20. The fraction of sp³-hybridized carbons (Fsp3) is 0.267. The van der Waals surface area contributed by atoms with E-state index < -0.39 is 17.1 Å². The van der Waals surface area contributed by atoms with Crippen molar-refractivity contribution < 1.29 is 5.11 Å². The van der Waals surface area contributed by atoms with Crippen molar-refractivity contribution in [3.63, 3.8) is 0 Å². The Labute approximate surface area is 142 Å². The summed E-state index contributed by atoms with van der Waals surface area (Å²) in [5, 5.41) is 10.9. The standard InChI is InChI=1S/C15H15Cl2N3O3/c1-3-19-13(21)10(14(22)20(4-2)15(19)23)8-18-12-6-5-9(16)7-11(12)17/h5-8,21H,3-4H2,1-2H3.